The number of rotatable bonds is 5. The lowest BCUT2D eigenvalue weighted by Gasteiger charge is -2.14. The van der Waals surface area contributed by atoms with Crippen LogP contribution in [-0.2, 0) is 4.74 Å². The number of nitrogens with one attached hydrogen (secondary N) is 1. The Morgan fingerprint density at radius 3 is 2.41 bits per heavy atom. The number of hydrogen-bond acceptors (Lipinski definition) is 3. The molecule has 2 aromatic carbocycles. The predicted molar refractivity (Wildman–Crippen MR) is 114 cm³/mol. The third-order valence-electron chi connectivity index (χ3n) is 4.58. The Labute approximate surface area is 170 Å². The van der Waals surface area contributed by atoms with Gasteiger partial charge in [-0.25, -0.2) is 4.79 Å². The zero-order valence-corrected chi connectivity index (χ0v) is 16.9. The molecular weight excluding hydrogens is 422 g/mol. The third-order valence-corrected chi connectivity index (χ3v) is 6.24. The van der Waals surface area contributed by atoms with E-state index in [-0.39, 0.29) is 5.92 Å². The molecule has 1 N–H and O–H groups in total. The van der Waals surface area contributed by atoms with Gasteiger partial charge in [-0.3, -0.25) is 0 Å². The van der Waals surface area contributed by atoms with E-state index in [9.17, 15) is 4.79 Å². The Bertz CT molecular complexity index is 950. The van der Waals surface area contributed by atoms with Gasteiger partial charge < -0.3 is 10.1 Å². The van der Waals surface area contributed by atoms with Crippen LogP contribution in [0.25, 0.3) is 17.2 Å². The average molecular weight is 440 g/mol. The maximum Gasteiger partial charge on any atom is 0.407 e. The second-order valence-corrected chi connectivity index (χ2v) is 8.13. The van der Waals surface area contributed by atoms with Gasteiger partial charge in [0.25, 0.3) is 0 Å². The summed E-state index contributed by atoms with van der Waals surface area (Å²) in [5.74, 6) is 0.0853. The fourth-order valence-electron chi connectivity index (χ4n) is 3.38. The molecule has 0 unspecified atom stereocenters. The number of fused-ring (bicyclic) bond motifs is 3. The van der Waals surface area contributed by atoms with Crippen LogP contribution in [0.5, 0.6) is 0 Å². The molecule has 1 heterocycles. The SMILES string of the molecule is O=C(NCC=Cc1cc(Br)cs1)OCC1c2ccccc2-c2ccccc21. The maximum absolute atomic E-state index is 12.1. The molecule has 0 aliphatic heterocycles. The van der Waals surface area contributed by atoms with Crippen LogP contribution in [0, 0.1) is 0 Å². The van der Waals surface area contributed by atoms with Gasteiger partial charge in [0.2, 0.25) is 0 Å². The summed E-state index contributed by atoms with van der Waals surface area (Å²) in [6.07, 6.45) is 3.51. The molecule has 0 saturated carbocycles. The zero-order valence-electron chi connectivity index (χ0n) is 14.5. The van der Waals surface area contributed by atoms with E-state index in [4.69, 9.17) is 4.74 Å². The van der Waals surface area contributed by atoms with E-state index >= 15 is 0 Å². The van der Waals surface area contributed by atoms with E-state index in [0.717, 1.165) is 9.35 Å². The van der Waals surface area contributed by atoms with Crippen LogP contribution in [0.1, 0.15) is 21.9 Å². The highest BCUT2D eigenvalue weighted by Gasteiger charge is 2.28. The van der Waals surface area contributed by atoms with Gasteiger partial charge in [-0.15, -0.1) is 11.3 Å². The van der Waals surface area contributed by atoms with Crippen molar-refractivity contribution in [1.29, 1.82) is 0 Å². The summed E-state index contributed by atoms with van der Waals surface area (Å²) in [6, 6.07) is 18.7. The largest absolute Gasteiger partial charge is 0.449 e. The topological polar surface area (TPSA) is 38.3 Å². The molecule has 4 rings (SSSR count). The lowest BCUT2D eigenvalue weighted by Crippen LogP contribution is -2.26. The highest BCUT2D eigenvalue weighted by atomic mass is 79.9. The number of thiophene rings is 1. The van der Waals surface area contributed by atoms with Crippen LogP contribution in [0.4, 0.5) is 4.79 Å². The number of carbonyl (C=O) groups is 1. The molecule has 0 spiro atoms. The lowest BCUT2D eigenvalue weighted by atomic mass is 9.98. The fraction of sp³-hybridized carbons (Fsp3) is 0.136. The van der Waals surface area contributed by atoms with Gasteiger partial charge in [0.15, 0.2) is 0 Å². The molecule has 1 amide bonds. The van der Waals surface area contributed by atoms with E-state index in [0.29, 0.717) is 13.2 Å². The summed E-state index contributed by atoms with van der Waals surface area (Å²) in [5, 5.41) is 4.80. The molecule has 0 fully saturated rings. The lowest BCUT2D eigenvalue weighted by molar-refractivity contribution is 0.144. The van der Waals surface area contributed by atoms with Crippen LogP contribution in [0.3, 0.4) is 0 Å². The fourth-order valence-corrected chi connectivity index (χ4v) is 4.75. The summed E-state index contributed by atoms with van der Waals surface area (Å²) < 4.78 is 6.57. The first-order valence-electron chi connectivity index (χ1n) is 8.72. The smallest absolute Gasteiger partial charge is 0.407 e. The van der Waals surface area contributed by atoms with E-state index in [1.807, 2.05) is 47.9 Å². The molecule has 1 aromatic heterocycles. The van der Waals surface area contributed by atoms with E-state index in [2.05, 4.69) is 45.5 Å². The molecule has 0 bridgehead atoms. The monoisotopic (exact) mass is 439 g/mol. The first-order chi connectivity index (χ1) is 13.2. The number of halogens is 1. The highest BCUT2D eigenvalue weighted by molar-refractivity contribution is 9.10. The Balaban J connectivity index is 1.34. The minimum Gasteiger partial charge on any atom is -0.449 e. The van der Waals surface area contributed by atoms with Gasteiger partial charge in [0.05, 0.1) is 0 Å². The van der Waals surface area contributed by atoms with Crippen LogP contribution >= 0.6 is 27.3 Å². The van der Waals surface area contributed by atoms with Gasteiger partial charge in [-0.05, 0) is 50.3 Å². The predicted octanol–water partition coefficient (Wildman–Crippen LogP) is 6.06. The molecule has 27 heavy (non-hydrogen) atoms. The molecule has 136 valence electrons. The highest BCUT2D eigenvalue weighted by Crippen LogP contribution is 2.44. The second kappa shape index (κ2) is 8.11. The van der Waals surface area contributed by atoms with Crippen molar-refractivity contribution in [2.75, 3.05) is 13.2 Å². The first-order valence-corrected chi connectivity index (χ1v) is 10.4. The number of alkyl carbamates (subject to hydrolysis) is 1. The third kappa shape index (κ3) is 3.99. The molecule has 1 aliphatic rings. The minimum absolute atomic E-state index is 0.0853. The van der Waals surface area contributed by atoms with Crippen molar-refractivity contribution in [2.24, 2.45) is 0 Å². The van der Waals surface area contributed by atoms with Gasteiger partial charge in [0, 0.05) is 27.2 Å². The van der Waals surface area contributed by atoms with Gasteiger partial charge >= 0.3 is 6.09 Å². The molecule has 0 atom stereocenters. The maximum atomic E-state index is 12.1. The summed E-state index contributed by atoms with van der Waals surface area (Å²) >= 11 is 5.07. The van der Waals surface area contributed by atoms with Crippen molar-refractivity contribution in [3.8, 4) is 11.1 Å². The van der Waals surface area contributed by atoms with Crippen LogP contribution in [-0.4, -0.2) is 19.2 Å². The number of benzene rings is 2. The van der Waals surface area contributed by atoms with Crippen LogP contribution in [0.15, 0.2) is 70.5 Å². The van der Waals surface area contributed by atoms with Crippen molar-refractivity contribution in [2.45, 2.75) is 5.92 Å². The standard InChI is InChI=1S/C22H18BrNO2S/c23-15-12-16(27-14-15)6-5-11-24-22(25)26-13-21-19-9-3-1-7-17(19)18-8-2-4-10-20(18)21/h1-10,12,14,21H,11,13H2,(H,24,25). The van der Waals surface area contributed by atoms with Gasteiger partial charge in [-0.2, -0.15) is 0 Å². The Kier molecular flexibility index (Phi) is 5.41. The molecule has 0 saturated heterocycles. The Hall–Kier alpha value is -2.37. The molecular formula is C22H18BrNO2S. The number of carbonyl (C=O) groups excluding carboxylic acids is 1. The molecule has 3 nitrogen and oxygen atoms in total. The number of amides is 1. The van der Waals surface area contributed by atoms with Gasteiger partial charge in [0.1, 0.15) is 6.61 Å². The normalized spacial score (nSPS) is 12.8. The summed E-state index contributed by atoms with van der Waals surface area (Å²) in [5.41, 5.74) is 4.89. The molecule has 3 aromatic rings. The zero-order chi connectivity index (χ0) is 18.6. The van der Waals surface area contributed by atoms with Crippen molar-refractivity contribution < 1.29 is 9.53 Å². The Morgan fingerprint density at radius 2 is 1.78 bits per heavy atom. The van der Waals surface area contributed by atoms with Crippen molar-refractivity contribution in [3.05, 3.63) is 86.5 Å². The van der Waals surface area contributed by atoms with Gasteiger partial charge in [-0.1, -0.05) is 54.6 Å². The average Bonchev–Trinajstić information content (AvgIpc) is 3.25. The van der Waals surface area contributed by atoms with Crippen molar-refractivity contribution in [3.63, 3.8) is 0 Å². The van der Waals surface area contributed by atoms with Crippen LogP contribution < -0.4 is 5.32 Å². The van der Waals surface area contributed by atoms with E-state index < -0.39 is 6.09 Å². The van der Waals surface area contributed by atoms with E-state index in [1.54, 1.807) is 11.3 Å². The summed E-state index contributed by atoms with van der Waals surface area (Å²) in [7, 11) is 0. The molecule has 5 heteroatoms. The number of ether oxygens (including phenoxy) is 1. The minimum atomic E-state index is -0.395. The Morgan fingerprint density at radius 1 is 1.11 bits per heavy atom. The van der Waals surface area contributed by atoms with E-state index in [1.165, 1.54) is 22.3 Å². The van der Waals surface area contributed by atoms with Crippen molar-refractivity contribution in [1.82, 2.24) is 5.32 Å². The van der Waals surface area contributed by atoms with Crippen LogP contribution in [0.2, 0.25) is 0 Å². The summed E-state index contributed by atoms with van der Waals surface area (Å²) in [6.45, 7) is 0.771. The quantitative estimate of drug-likeness (QED) is 0.524. The second-order valence-electron chi connectivity index (χ2n) is 6.28. The summed E-state index contributed by atoms with van der Waals surface area (Å²) in [4.78, 5) is 13.2. The van der Waals surface area contributed by atoms with Crippen molar-refractivity contribution >= 4 is 39.4 Å². The first kappa shape index (κ1) is 18.0. The molecule has 1 aliphatic carbocycles. The number of hydrogen-bond donors (Lipinski definition) is 1. The molecule has 0 radical (unpaired) electrons.